The number of rotatable bonds is 22. The molecule has 0 radical (unpaired) electrons. The van der Waals surface area contributed by atoms with Crippen molar-refractivity contribution in [2.75, 3.05) is 97.6 Å². The van der Waals surface area contributed by atoms with E-state index < -0.39 is 0 Å². The fourth-order valence-corrected chi connectivity index (χ4v) is 3.36. The number of hydrogen-bond donors (Lipinski definition) is 12. The molecular formula is C33H71N13O2. The Morgan fingerprint density at radius 1 is 0.729 bits per heavy atom. The lowest BCUT2D eigenvalue weighted by molar-refractivity contribution is -0.121. The fraction of sp³-hybridized carbons (Fsp3) is 0.636. The van der Waals surface area contributed by atoms with Gasteiger partial charge in [0.2, 0.25) is 5.91 Å². The molecule has 0 aromatic heterocycles. The molecule has 0 aliphatic heterocycles. The van der Waals surface area contributed by atoms with Crippen molar-refractivity contribution >= 4 is 34.4 Å². The van der Waals surface area contributed by atoms with Gasteiger partial charge in [-0.1, -0.05) is 13.0 Å². The van der Waals surface area contributed by atoms with Crippen molar-refractivity contribution in [3.05, 3.63) is 36.9 Å². The molecule has 0 aliphatic carbocycles. The Hall–Kier alpha value is -3.28. The van der Waals surface area contributed by atoms with Crippen molar-refractivity contribution in [2.45, 2.75) is 51.9 Å². The standard InChI is InChI=1S/C13H27N5O.C11H24N4.C6H8N2.C2H8N2.CH4O/c1-2-9-18(10-4-12(16)3-6-14)11-5-13(19)17-8-7-15;1-3-10(13)5-8-15(2)9-6-11(14)4-7-12;7-5-1-2-6(8)4-3-5;3-1-2-4;1-2/h2,16H,1,3-11,14-15H2,(H,17,19);13-14H,3-9,12H2,1-2H3;1-4H,7-8H2;1-4H2;2H,1H3. The Morgan fingerprint density at radius 3 is 1.52 bits per heavy atom. The number of nitrogens with zero attached hydrogens (tertiary/aromatic N) is 2. The van der Waals surface area contributed by atoms with Gasteiger partial charge in [0.25, 0.3) is 0 Å². The zero-order valence-electron chi connectivity index (χ0n) is 30.1. The van der Waals surface area contributed by atoms with E-state index in [9.17, 15) is 4.79 Å². The number of amides is 1. The zero-order valence-corrected chi connectivity index (χ0v) is 30.1. The fourth-order valence-electron chi connectivity index (χ4n) is 3.36. The van der Waals surface area contributed by atoms with Crippen LogP contribution in [0, 0.1) is 16.2 Å². The highest BCUT2D eigenvalue weighted by Gasteiger charge is 2.08. The second-order valence-electron chi connectivity index (χ2n) is 10.5. The molecular weight excluding hydrogens is 610 g/mol. The number of hydrogen-bond acceptors (Lipinski definition) is 14. The lowest BCUT2D eigenvalue weighted by atomic mass is 10.2. The summed E-state index contributed by atoms with van der Waals surface area (Å²) >= 11 is 0. The van der Waals surface area contributed by atoms with Crippen LogP contribution in [0.2, 0.25) is 0 Å². The molecule has 1 aromatic carbocycles. The molecule has 0 spiro atoms. The summed E-state index contributed by atoms with van der Waals surface area (Å²) in [5, 5.41) is 32.5. The Bertz CT molecular complexity index is 892. The molecule has 280 valence electrons. The first-order valence-electron chi connectivity index (χ1n) is 16.5. The van der Waals surface area contributed by atoms with Crippen molar-refractivity contribution in [1.82, 2.24) is 15.1 Å². The van der Waals surface area contributed by atoms with Crippen LogP contribution in [-0.2, 0) is 4.79 Å². The van der Waals surface area contributed by atoms with E-state index in [-0.39, 0.29) is 5.91 Å². The van der Waals surface area contributed by atoms with Crippen LogP contribution in [0.3, 0.4) is 0 Å². The minimum atomic E-state index is 0.0107. The summed E-state index contributed by atoms with van der Waals surface area (Å²) < 4.78 is 0. The topological polar surface area (TPSA) is 310 Å². The van der Waals surface area contributed by atoms with E-state index in [2.05, 4.69) is 21.7 Å². The summed E-state index contributed by atoms with van der Waals surface area (Å²) in [4.78, 5) is 15.8. The van der Waals surface area contributed by atoms with Crippen LogP contribution in [0.1, 0.15) is 51.9 Å². The molecule has 0 atom stereocenters. The van der Waals surface area contributed by atoms with Gasteiger partial charge in [-0.2, -0.15) is 0 Å². The van der Waals surface area contributed by atoms with Gasteiger partial charge in [-0.05, 0) is 82.9 Å². The Morgan fingerprint density at radius 2 is 1.15 bits per heavy atom. The average Bonchev–Trinajstić information content (AvgIpc) is 3.09. The maximum atomic E-state index is 11.5. The van der Waals surface area contributed by atoms with Crippen LogP contribution < -0.4 is 45.5 Å². The summed E-state index contributed by atoms with van der Waals surface area (Å²) in [6.45, 7) is 12.9. The van der Waals surface area contributed by atoms with E-state index in [0.29, 0.717) is 77.2 Å². The van der Waals surface area contributed by atoms with Gasteiger partial charge >= 0.3 is 0 Å². The number of aliphatic hydroxyl groups is 1. The molecule has 0 heterocycles. The minimum Gasteiger partial charge on any atom is -0.400 e. The molecule has 0 unspecified atom stereocenters. The maximum Gasteiger partial charge on any atom is 0.221 e. The van der Waals surface area contributed by atoms with Crippen LogP contribution in [0.5, 0.6) is 0 Å². The Labute approximate surface area is 290 Å². The van der Waals surface area contributed by atoms with Crippen LogP contribution in [0.15, 0.2) is 36.9 Å². The van der Waals surface area contributed by atoms with Crippen LogP contribution in [-0.4, -0.2) is 124 Å². The smallest absolute Gasteiger partial charge is 0.221 e. The van der Waals surface area contributed by atoms with Crippen molar-refractivity contribution in [1.29, 1.82) is 16.2 Å². The number of nitrogens with two attached hydrogens (primary N) is 7. The van der Waals surface area contributed by atoms with Crippen molar-refractivity contribution < 1.29 is 9.90 Å². The summed E-state index contributed by atoms with van der Waals surface area (Å²) in [5.74, 6) is 0.0107. The molecule has 1 rings (SSSR count). The van der Waals surface area contributed by atoms with Crippen LogP contribution >= 0.6 is 0 Å². The first-order chi connectivity index (χ1) is 22.9. The van der Waals surface area contributed by atoms with Gasteiger partial charge in [-0.25, -0.2) is 0 Å². The SMILES string of the molecule is C=CCN(CCC(=N)CCN)CCC(=O)NCCN.CCC(=N)CCN(C)CCC(=N)CCN.CO.NCCN.Nc1ccc(N)cc1. The number of nitrogens with one attached hydrogen (secondary N) is 4. The predicted octanol–water partition coefficient (Wildman–Crippen LogP) is 0.558. The Kier molecular flexibility index (Phi) is 42.8. The second-order valence-corrected chi connectivity index (χ2v) is 10.5. The predicted molar refractivity (Wildman–Crippen MR) is 207 cm³/mol. The number of carbonyl (C=O) groups excluding carboxylic acids is 1. The summed E-state index contributed by atoms with van der Waals surface area (Å²) in [5.41, 5.74) is 40.3. The van der Waals surface area contributed by atoms with Crippen molar-refractivity contribution in [3.63, 3.8) is 0 Å². The largest absolute Gasteiger partial charge is 0.400 e. The first kappa shape index (κ1) is 51.6. The van der Waals surface area contributed by atoms with E-state index in [1.165, 1.54) is 0 Å². The second kappa shape index (κ2) is 39.9. The maximum absolute atomic E-state index is 11.5. The lowest BCUT2D eigenvalue weighted by Crippen LogP contribution is -2.34. The minimum absolute atomic E-state index is 0.0107. The molecule has 0 aliphatic rings. The molecule has 15 heteroatoms. The summed E-state index contributed by atoms with van der Waals surface area (Å²) in [6, 6.07) is 7.09. The molecule has 0 saturated heterocycles. The van der Waals surface area contributed by atoms with Crippen LogP contribution in [0.4, 0.5) is 11.4 Å². The Balaban J connectivity index is -0.000000294. The summed E-state index contributed by atoms with van der Waals surface area (Å²) in [6.07, 6.45) is 6.77. The van der Waals surface area contributed by atoms with Gasteiger partial charge in [-0.3, -0.25) is 9.69 Å². The molecule has 15 nitrogen and oxygen atoms in total. The normalized spacial score (nSPS) is 9.73. The number of anilines is 2. The van der Waals surface area contributed by atoms with Crippen molar-refractivity contribution in [3.8, 4) is 0 Å². The van der Waals surface area contributed by atoms with E-state index >= 15 is 0 Å². The molecule has 19 N–H and O–H groups in total. The molecule has 0 fully saturated rings. The van der Waals surface area contributed by atoms with E-state index in [1.54, 1.807) is 24.3 Å². The zero-order chi connectivity index (χ0) is 37.6. The van der Waals surface area contributed by atoms with Gasteiger partial charge in [0, 0.05) is 101 Å². The molecule has 0 saturated carbocycles. The van der Waals surface area contributed by atoms with Gasteiger partial charge < -0.3 is 71.7 Å². The van der Waals surface area contributed by atoms with Gasteiger partial charge in [-0.15, -0.1) is 6.58 Å². The van der Waals surface area contributed by atoms with E-state index in [4.69, 9.17) is 61.5 Å². The number of carbonyl (C=O) groups is 1. The third-order valence-electron chi connectivity index (χ3n) is 6.25. The molecule has 1 aromatic rings. The number of nitrogen functional groups attached to an aromatic ring is 2. The van der Waals surface area contributed by atoms with Crippen LogP contribution in [0.25, 0.3) is 0 Å². The molecule has 48 heavy (non-hydrogen) atoms. The highest BCUT2D eigenvalue weighted by atomic mass is 16.2. The lowest BCUT2D eigenvalue weighted by Gasteiger charge is -2.20. The third-order valence-corrected chi connectivity index (χ3v) is 6.25. The average molecular weight is 682 g/mol. The van der Waals surface area contributed by atoms with E-state index in [1.807, 2.05) is 20.0 Å². The number of benzene rings is 1. The monoisotopic (exact) mass is 682 g/mol. The first-order valence-corrected chi connectivity index (χ1v) is 16.5. The molecule has 1 amide bonds. The quantitative estimate of drug-likeness (QED) is 0.0455. The summed E-state index contributed by atoms with van der Waals surface area (Å²) in [7, 11) is 3.04. The number of aliphatic hydroxyl groups excluding tert-OH is 1. The van der Waals surface area contributed by atoms with E-state index in [0.717, 1.165) is 75.3 Å². The van der Waals surface area contributed by atoms with Gasteiger partial charge in [0.1, 0.15) is 0 Å². The highest BCUT2D eigenvalue weighted by Crippen LogP contribution is 2.05. The molecule has 0 bridgehead atoms. The van der Waals surface area contributed by atoms with Gasteiger partial charge in [0.05, 0.1) is 0 Å². The highest BCUT2D eigenvalue weighted by molar-refractivity contribution is 5.82. The van der Waals surface area contributed by atoms with Gasteiger partial charge in [0.15, 0.2) is 0 Å². The third kappa shape index (κ3) is 40.7. The van der Waals surface area contributed by atoms with Crippen molar-refractivity contribution in [2.24, 2.45) is 28.7 Å².